The minimum absolute atomic E-state index is 0.0534. The molecule has 1 aromatic heterocycles. The van der Waals surface area contributed by atoms with Gasteiger partial charge in [0.15, 0.2) is 0 Å². The molecule has 3 fully saturated rings. The van der Waals surface area contributed by atoms with Gasteiger partial charge in [0.1, 0.15) is 0 Å². The number of hydrogen-bond acceptors (Lipinski definition) is 3. The number of hydrogen-bond donors (Lipinski definition) is 0. The summed E-state index contributed by atoms with van der Waals surface area (Å²) in [5.74, 6) is 0.770. The van der Waals surface area contributed by atoms with E-state index in [4.69, 9.17) is 9.15 Å². The van der Waals surface area contributed by atoms with Gasteiger partial charge >= 0.3 is 5.97 Å². The molecule has 2 aliphatic carbocycles. The Morgan fingerprint density at radius 2 is 2.26 bits per heavy atom. The van der Waals surface area contributed by atoms with Gasteiger partial charge in [-0.05, 0) is 62.0 Å². The molecule has 2 bridgehead atoms. The van der Waals surface area contributed by atoms with E-state index in [1.165, 1.54) is 17.6 Å². The van der Waals surface area contributed by atoms with Crippen LogP contribution in [0.15, 0.2) is 35.2 Å². The number of carbonyl (C=O) groups excluding carboxylic acids is 1. The molecule has 0 amide bonds. The van der Waals surface area contributed by atoms with Crippen LogP contribution in [-0.4, -0.2) is 12.6 Å². The molecule has 1 aromatic rings. The van der Waals surface area contributed by atoms with Gasteiger partial charge in [0.05, 0.1) is 24.5 Å². The van der Waals surface area contributed by atoms with Crippen LogP contribution < -0.4 is 0 Å². The minimum Gasteiger partial charge on any atom is -0.472 e. The molecule has 1 aliphatic heterocycles. The quantitative estimate of drug-likeness (QED) is 0.608. The summed E-state index contributed by atoms with van der Waals surface area (Å²) in [5, 5.41) is 0. The first-order valence-corrected chi connectivity index (χ1v) is 8.92. The van der Waals surface area contributed by atoms with E-state index in [-0.39, 0.29) is 22.7 Å². The number of allylic oxidation sites excluding steroid dienone is 1. The predicted octanol–water partition coefficient (Wildman–Crippen LogP) is 4.53. The highest BCUT2D eigenvalue weighted by Gasteiger charge is 2.64. The Kier molecular flexibility index (Phi) is 3.44. The molecule has 3 nitrogen and oxygen atoms in total. The minimum atomic E-state index is -0.315. The van der Waals surface area contributed by atoms with E-state index < -0.39 is 0 Å². The van der Waals surface area contributed by atoms with Crippen molar-refractivity contribution in [1.82, 2.24) is 0 Å². The first-order chi connectivity index (χ1) is 11.1. The van der Waals surface area contributed by atoms with Gasteiger partial charge < -0.3 is 9.15 Å². The van der Waals surface area contributed by atoms with Crippen molar-refractivity contribution in [1.29, 1.82) is 0 Å². The maximum absolute atomic E-state index is 12.9. The molecule has 0 N–H and O–H groups in total. The summed E-state index contributed by atoms with van der Waals surface area (Å²) in [6, 6.07) is 2.02. The third-order valence-corrected chi connectivity index (χ3v) is 6.88. The Labute approximate surface area is 138 Å². The van der Waals surface area contributed by atoms with Gasteiger partial charge in [-0.2, -0.15) is 0 Å². The maximum Gasteiger partial charge on any atom is 0.313 e. The summed E-state index contributed by atoms with van der Waals surface area (Å²) in [5.41, 5.74) is 2.32. The van der Waals surface area contributed by atoms with E-state index >= 15 is 0 Å². The van der Waals surface area contributed by atoms with Gasteiger partial charge in [-0.25, -0.2) is 0 Å². The van der Waals surface area contributed by atoms with Crippen molar-refractivity contribution in [2.45, 2.75) is 51.9 Å². The zero-order chi connectivity index (χ0) is 16.1. The van der Waals surface area contributed by atoms with Crippen molar-refractivity contribution in [2.24, 2.45) is 22.7 Å². The average molecular weight is 314 g/mol. The first kappa shape index (κ1) is 15.0. The lowest BCUT2D eigenvalue weighted by Crippen LogP contribution is -2.61. The van der Waals surface area contributed by atoms with Crippen LogP contribution in [0.4, 0.5) is 0 Å². The van der Waals surface area contributed by atoms with E-state index in [0.717, 1.165) is 38.5 Å². The summed E-state index contributed by atoms with van der Waals surface area (Å²) >= 11 is 0. The number of carbonyl (C=O) groups is 1. The summed E-state index contributed by atoms with van der Waals surface area (Å²) in [7, 11) is 0. The maximum atomic E-state index is 12.9. The van der Waals surface area contributed by atoms with Gasteiger partial charge in [0.25, 0.3) is 0 Å². The molecule has 3 aliphatic rings. The van der Waals surface area contributed by atoms with Gasteiger partial charge in [0, 0.05) is 5.41 Å². The van der Waals surface area contributed by atoms with Gasteiger partial charge in [0.2, 0.25) is 0 Å². The molecule has 0 unspecified atom stereocenters. The van der Waals surface area contributed by atoms with Gasteiger partial charge in [-0.3, -0.25) is 4.79 Å². The number of ether oxygens (including phenoxy) is 1. The molecule has 23 heavy (non-hydrogen) atoms. The highest BCUT2D eigenvalue weighted by Crippen LogP contribution is 2.64. The molecule has 4 atom stereocenters. The van der Waals surface area contributed by atoms with Crippen LogP contribution in [0.1, 0.15) is 51.0 Å². The lowest BCUT2D eigenvalue weighted by Gasteiger charge is -2.61. The molecule has 2 heterocycles. The molecule has 2 saturated carbocycles. The number of aryl methyl sites for hydroxylation is 1. The Hall–Kier alpha value is -1.51. The highest BCUT2D eigenvalue weighted by atomic mass is 16.5. The van der Waals surface area contributed by atoms with Gasteiger partial charge in [-0.15, -0.1) is 0 Å². The number of rotatable bonds is 3. The summed E-state index contributed by atoms with van der Waals surface area (Å²) in [6.45, 7) is 7.30. The predicted molar refractivity (Wildman–Crippen MR) is 87.7 cm³/mol. The monoisotopic (exact) mass is 314 g/mol. The van der Waals surface area contributed by atoms with Crippen molar-refractivity contribution in [3.05, 3.63) is 36.3 Å². The molecule has 0 aromatic carbocycles. The van der Waals surface area contributed by atoms with Crippen molar-refractivity contribution >= 4 is 5.97 Å². The second kappa shape index (κ2) is 5.25. The van der Waals surface area contributed by atoms with E-state index in [0.29, 0.717) is 12.5 Å². The molecule has 124 valence electrons. The Morgan fingerprint density at radius 1 is 1.39 bits per heavy atom. The van der Waals surface area contributed by atoms with Crippen LogP contribution in [0.5, 0.6) is 0 Å². The molecular weight excluding hydrogens is 288 g/mol. The SMILES string of the molecule is C=C1CC[C@H]2[C@@]3(C)CCC[C@@]2(C(=O)OC3)[C@@H]1CCc1ccoc1. The molecule has 0 radical (unpaired) electrons. The van der Waals surface area contributed by atoms with Crippen LogP contribution in [0.25, 0.3) is 0 Å². The lowest BCUT2D eigenvalue weighted by molar-refractivity contribution is -0.207. The number of esters is 1. The average Bonchev–Trinajstić information content (AvgIpc) is 3.04. The van der Waals surface area contributed by atoms with E-state index in [1.807, 2.05) is 12.3 Å². The van der Waals surface area contributed by atoms with Crippen molar-refractivity contribution in [2.75, 3.05) is 6.61 Å². The second-order valence-corrected chi connectivity index (χ2v) is 8.10. The van der Waals surface area contributed by atoms with Crippen LogP contribution in [0.2, 0.25) is 0 Å². The highest BCUT2D eigenvalue weighted by molar-refractivity contribution is 5.80. The Bertz CT molecular complexity index is 617. The number of furan rings is 1. The van der Waals surface area contributed by atoms with Crippen LogP contribution >= 0.6 is 0 Å². The lowest BCUT2D eigenvalue weighted by atomic mass is 9.45. The van der Waals surface area contributed by atoms with Crippen LogP contribution in [0, 0.1) is 22.7 Å². The van der Waals surface area contributed by atoms with Crippen LogP contribution in [0.3, 0.4) is 0 Å². The molecular formula is C20H26O3. The van der Waals surface area contributed by atoms with Crippen LogP contribution in [-0.2, 0) is 16.0 Å². The smallest absolute Gasteiger partial charge is 0.313 e. The van der Waals surface area contributed by atoms with E-state index in [1.54, 1.807) is 6.26 Å². The molecule has 0 spiro atoms. The Morgan fingerprint density at radius 3 is 3.04 bits per heavy atom. The zero-order valence-corrected chi connectivity index (χ0v) is 14.0. The van der Waals surface area contributed by atoms with E-state index in [9.17, 15) is 4.79 Å². The summed E-state index contributed by atoms with van der Waals surface area (Å²) in [6.07, 6.45) is 10.9. The molecule has 3 heteroatoms. The molecule has 4 rings (SSSR count). The van der Waals surface area contributed by atoms with Crippen molar-refractivity contribution < 1.29 is 13.9 Å². The van der Waals surface area contributed by atoms with Crippen molar-refractivity contribution in [3.63, 3.8) is 0 Å². The Balaban J connectivity index is 1.68. The largest absolute Gasteiger partial charge is 0.472 e. The fraction of sp³-hybridized carbons (Fsp3) is 0.650. The standard InChI is InChI=1S/C20H26O3/c1-14-4-7-17-19(2)9-3-10-20(17,18(21)23-13-19)16(14)6-5-15-8-11-22-12-15/h8,11-12,16-17H,1,3-7,9-10,13H2,2H3/t16-,17+,19+,20-/m1/s1. The summed E-state index contributed by atoms with van der Waals surface area (Å²) in [4.78, 5) is 12.9. The topological polar surface area (TPSA) is 39.4 Å². The first-order valence-electron chi connectivity index (χ1n) is 8.92. The molecule has 1 saturated heterocycles. The van der Waals surface area contributed by atoms with Crippen molar-refractivity contribution in [3.8, 4) is 0 Å². The van der Waals surface area contributed by atoms with Gasteiger partial charge in [-0.1, -0.05) is 25.5 Å². The summed E-state index contributed by atoms with van der Waals surface area (Å²) < 4.78 is 10.9. The number of cyclic esters (lactones) is 1. The third kappa shape index (κ3) is 2.12. The second-order valence-electron chi connectivity index (χ2n) is 8.10. The normalized spacial score (nSPS) is 39.7. The van der Waals surface area contributed by atoms with E-state index in [2.05, 4.69) is 13.5 Å². The third-order valence-electron chi connectivity index (χ3n) is 6.88. The zero-order valence-electron chi connectivity index (χ0n) is 14.0. The fourth-order valence-corrected chi connectivity index (χ4v) is 5.78. The fourth-order valence-electron chi connectivity index (χ4n) is 5.78.